The van der Waals surface area contributed by atoms with E-state index in [2.05, 4.69) is 27.2 Å². The van der Waals surface area contributed by atoms with Crippen LogP contribution in [0.2, 0.25) is 0 Å². The van der Waals surface area contributed by atoms with Gasteiger partial charge in [0.1, 0.15) is 5.52 Å². The largest absolute Gasteiger partial charge is 0.393 e. The molecule has 2 heterocycles. The number of nitrogens with zero attached hydrogens (tertiary/aromatic N) is 1. The molecule has 2 aromatic heterocycles. The molecule has 0 amide bonds. The van der Waals surface area contributed by atoms with Crippen molar-refractivity contribution >= 4 is 11.0 Å². The second-order valence-corrected chi connectivity index (χ2v) is 5.19. The molecule has 0 spiro atoms. The van der Waals surface area contributed by atoms with Crippen LogP contribution in [0.1, 0.15) is 32.3 Å². The van der Waals surface area contributed by atoms with Crippen molar-refractivity contribution in [2.75, 3.05) is 6.54 Å². The second kappa shape index (κ2) is 6.67. The number of nitrogens with one attached hydrogen (secondary N) is 3. The molecule has 6 nitrogen and oxygen atoms in total. The van der Waals surface area contributed by atoms with Gasteiger partial charge in [-0.05, 0) is 19.3 Å². The van der Waals surface area contributed by atoms with Gasteiger partial charge in [0.2, 0.25) is 0 Å². The Morgan fingerprint density at radius 1 is 1.45 bits per heavy atom. The summed E-state index contributed by atoms with van der Waals surface area (Å²) in [6.07, 6.45) is 4.96. The van der Waals surface area contributed by atoms with Crippen molar-refractivity contribution in [3.8, 4) is 0 Å². The van der Waals surface area contributed by atoms with E-state index < -0.39 is 0 Å². The van der Waals surface area contributed by atoms with Crippen molar-refractivity contribution in [3.63, 3.8) is 0 Å². The molecule has 0 radical (unpaired) electrons. The maximum atomic E-state index is 11.6. The molecule has 2 unspecified atom stereocenters. The lowest BCUT2D eigenvalue weighted by Gasteiger charge is -2.19. The number of rotatable bonds is 7. The summed E-state index contributed by atoms with van der Waals surface area (Å²) in [5.41, 5.74) is 2.01. The fraction of sp³-hybridized carbons (Fsp3) is 0.571. The Labute approximate surface area is 117 Å². The van der Waals surface area contributed by atoms with Gasteiger partial charge in [0.15, 0.2) is 0 Å². The molecule has 0 aliphatic heterocycles. The van der Waals surface area contributed by atoms with Gasteiger partial charge in [-0.15, -0.1) is 0 Å². The second-order valence-electron chi connectivity index (χ2n) is 5.19. The van der Waals surface area contributed by atoms with Crippen LogP contribution in [-0.2, 0) is 6.54 Å². The van der Waals surface area contributed by atoms with Gasteiger partial charge in [-0.25, -0.2) is 4.98 Å². The quantitative estimate of drug-likeness (QED) is 0.611. The predicted molar refractivity (Wildman–Crippen MR) is 78.5 cm³/mol. The van der Waals surface area contributed by atoms with Crippen LogP contribution in [0.15, 0.2) is 17.3 Å². The predicted octanol–water partition coefficient (Wildman–Crippen LogP) is 1.14. The van der Waals surface area contributed by atoms with Gasteiger partial charge in [0.25, 0.3) is 5.56 Å². The van der Waals surface area contributed by atoms with E-state index in [0.29, 0.717) is 17.6 Å². The molecule has 4 N–H and O–H groups in total. The van der Waals surface area contributed by atoms with Gasteiger partial charge in [0.05, 0.1) is 17.9 Å². The van der Waals surface area contributed by atoms with Crippen LogP contribution < -0.4 is 10.9 Å². The molecule has 0 bridgehead atoms. The van der Waals surface area contributed by atoms with Gasteiger partial charge in [-0.3, -0.25) is 4.79 Å². The van der Waals surface area contributed by atoms with E-state index in [9.17, 15) is 9.90 Å². The average molecular weight is 278 g/mol. The van der Waals surface area contributed by atoms with Crippen LogP contribution >= 0.6 is 0 Å². The standard InChI is InChI=1S/C14H22N4O2/c1-3-4-10(9(2)19)5-15-6-11-7-16-13-12(11)17-8-18-14(13)20/h7-10,15-16,19H,3-6H2,1-2H3,(H,17,18,20). The van der Waals surface area contributed by atoms with Crippen LogP contribution in [0, 0.1) is 5.92 Å². The molecule has 2 atom stereocenters. The van der Waals surface area contributed by atoms with Gasteiger partial charge in [-0.2, -0.15) is 0 Å². The fourth-order valence-electron chi connectivity index (χ4n) is 2.42. The molecule has 20 heavy (non-hydrogen) atoms. The highest BCUT2D eigenvalue weighted by atomic mass is 16.3. The average Bonchev–Trinajstić information content (AvgIpc) is 2.82. The van der Waals surface area contributed by atoms with Gasteiger partial charge >= 0.3 is 0 Å². The van der Waals surface area contributed by atoms with E-state index in [4.69, 9.17) is 0 Å². The van der Waals surface area contributed by atoms with Crippen LogP contribution in [0.5, 0.6) is 0 Å². The first-order valence-electron chi connectivity index (χ1n) is 7.06. The van der Waals surface area contributed by atoms with Crippen molar-refractivity contribution in [1.29, 1.82) is 0 Å². The summed E-state index contributed by atoms with van der Waals surface area (Å²) >= 11 is 0. The Morgan fingerprint density at radius 3 is 2.95 bits per heavy atom. The topological polar surface area (TPSA) is 93.8 Å². The Morgan fingerprint density at radius 2 is 2.25 bits per heavy atom. The molecule has 0 aromatic carbocycles. The summed E-state index contributed by atoms with van der Waals surface area (Å²) in [5.74, 6) is 0.251. The monoisotopic (exact) mass is 278 g/mol. The summed E-state index contributed by atoms with van der Waals surface area (Å²) in [5, 5.41) is 13.0. The summed E-state index contributed by atoms with van der Waals surface area (Å²) in [6, 6.07) is 0. The van der Waals surface area contributed by atoms with Gasteiger partial charge in [0, 0.05) is 24.8 Å². The molecule has 0 fully saturated rings. The van der Waals surface area contributed by atoms with Crippen LogP contribution in [-0.4, -0.2) is 32.7 Å². The molecule has 2 aromatic rings. The van der Waals surface area contributed by atoms with E-state index in [1.807, 2.05) is 6.92 Å². The third kappa shape index (κ3) is 3.26. The van der Waals surface area contributed by atoms with E-state index in [1.54, 1.807) is 6.20 Å². The van der Waals surface area contributed by atoms with Gasteiger partial charge < -0.3 is 20.4 Å². The first kappa shape index (κ1) is 14.7. The zero-order valence-electron chi connectivity index (χ0n) is 11.9. The molecule has 0 saturated carbocycles. The number of aliphatic hydroxyl groups is 1. The maximum Gasteiger partial charge on any atom is 0.275 e. The highest BCUT2D eigenvalue weighted by Gasteiger charge is 2.14. The number of aromatic nitrogens is 3. The Kier molecular flexibility index (Phi) is 4.92. The van der Waals surface area contributed by atoms with Gasteiger partial charge in [-0.1, -0.05) is 13.3 Å². The molecular weight excluding hydrogens is 256 g/mol. The van der Waals surface area contributed by atoms with Crippen molar-refractivity contribution in [3.05, 3.63) is 28.4 Å². The Bertz CT molecular complexity index is 602. The fourth-order valence-corrected chi connectivity index (χ4v) is 2.42. The molecular formula is C14H22N4O2. The van der Waals surface area contributed by atoms with Crippen molar-refractivity contribution in [2.45, 2.75) is 39.3 Å². The zero-order chi connectivity index (χ0) is 14.5. The van der Waals surface area contributed by atoms with E-state index in [0.717, 1.165) is 24.9 Å². The highest BCUT2D eigenvalue weighted by molar-refractivity contribution is 5.77. The lowest BCUT2D eigenvalue weighted by Crippen LogP contribution is -2.29. The normalized spacial score (nSPS) is 14.6. The molecule has 0 aliphatic carbocycles. The Hall–Kier alpha value is -1.66. The van der Waals surface area contributed by atoms with E-state index in [1.165, 1.54) is 6.33 Å². The first-order chi connectivity index (χ1) is 9.63. The van der Waals surface area contributed by atoms with Crippen molar-refractivity contribution in [2.24, 2.45) is 5.92 Å². The minimum absolute atomic E-state index is 0.158. The third-order valence-corrected chi connectivity index (χ3v) is 3.61. The van der Waals surface area contributed by atoms with E-state index in [-0.39, 0.29) is 17.6 Å². The molecule has 2 rings (SSSR count). The molecule has 0 saturated heterocycles. The highest BCUT2D eigenvalue weighted by Crippen LogP contribution is 2.13. The minimum atomic E-state index is -0.314. The zero-order valence-corrected chi connectivity index (χ0v) is 11.9. The lowest BCUT2D eigenvalue weighted by molar-refractivity contribution is 0.118. The number of fused-ring (bicyclic) bond motifs is 1. The minimum Gasteiger partial charge on any atom is -0.393 e. The number of aromatic amines is 2. The summed E-state index contributed by atoms with van der Waals surface area (Å²) in [4.78, 5) is 21.3. The molecule has 0 aliphatic rings. The van der Waals surface area contributed by atoms with Crippen molar-refractivity contribution < 1.29 is 5.11 Å². The Balaban J connectivity index is 1.99. The molecule has 6 heteroatoms. The molecule has 110 valence electrons. The number of H-pyrrole nitrogens is 2. The number of hydrogen-bond acceptors (Lipinski definition) is 4. The lowest BCUT2D eigenvalue weighted by atomic mass is 9.98. The third-order valence-electron chi connectivity index (χ3n) is 3.61. The first-order valence-corrected chi connectivity index (χ1v) is 7.06. The van der Waals surface area contributed by atoms with Crippen LogP contribution in [0.3, 0.4) is 0 Å². The van der Waals surface area contributed by atoms with Crippen molar-refractivity contribution in [1.82, 2.24) is 20.3 Å². The summed E-state index contributed by atoms with van der Waals surface area (Å²) < 4.78 is 0. The summed E-state index contributed by atoms with van der Waals surface area (Å²) in [7, 11) is 0. The number of hydrogen-bond donors (Lipinski definition) is 4. The maximum absolute atomic E-state index is 11.6. The van der Waals surface area contributed by atoms with E-state index >= 15 is 0 Å². The number of aliphatic hydroxyl groups excluding tert-OH is 1. The van der Waals surface area contributed by atoms with Crippen LogP contribution in [0.25, 0.3) is 11.0 Å². The SMILES string of the molecule is CCCC(CNCc1c[nH]c2c(=O)[nH]cnc12)C(C)O. The summed E-state index contributed by atoms with van der Waals surface area (Å²) in [6.45, 7) is 5.32. The van der Waals surface area contributed by atoms with Crippen LogP contribution in [0.4, 0.5) is 0 Å². The smallest absolute Gasteiger partial charge is 0.275 e.